The van der Waals surface area contributed by atoms with Crippen molar-refractivity contribution in [1.29, 1.82) is 0 Å². The van der Waals surface area contributed by atoms with E-state index in [-0.39, 0.29) is 0 Å². The van der Waals surface area contributed by atoms with Crippen molar-refractivity contribution in [2.75, 3.05) is 6.54 Å². The van der Waals surface area contributed by atoms with Crippen LogP contribution in [-0.2, 0) is 0 Å². The monoisotopic (exact) mass is 158 g/mol. The molecule has 0 amide bonds. The molecule has 0 saturated heterocycles. The molecule has 0 aliphatic rings. The van der Waals surface area contributed by atoms with Gasteiger partial charge in [-0.3, -0.25) is 10.7 Å². The quantitative estimate of drug-likeness (QED) is 0.539. The largest absolute Gasteiger partial charge is 0.325 e. The van der Waals surface area contributed by atoms with Gasteiger partial charge in [-0.1, -0.05) is 19.4 Å². The fraction of sp³-hybridized carbons (Fsp3) is 0.750. The summed E-state index contributed by atoms with van der Waals surface area (Å²) in [7, 11) is 0. The molecule has 0 fully saturated rings. The molecular weight excluding hydrogens is 140 g/mol. The van der Waals surface area contributed by atoms with Crippen LogP contribution in [0.15, 0.2) is 11.3 Å². The van der Waals surface area contributed by atoms with E-state index in [4.69, 9.17) is 10.9 Å². The normalized spacial score (nSPS) is 13.3. The smallest absolute Gasteiger partial charge is 0.0501 e. The molecule has 0 radical (unpaired) electrons. The minimum atomic E-state index is 0.370. The second-order valence-corrected chi connectivity index (χ2v) is 3.17. The zero-order valence-electron chi connectivity index (χ0n) is 7.52. The van der Waals surface area contributed by atoms with Gasteiger partial charge in [0.05, 0.1) is 5.70 Å². The van der Waals surface area contributed by atoms with Crippen LogP contribution in [0.3, 0.4) is 0 Å². The van der Waals surface area contributed by atoms with Gasteiger partial charge in [0.1, 0.15) is 0 Å². The Morgan fingerprint density at radius 1 is 1.55 bits per heavy atom. The lowest BCUT2D eigenvalue weighted by Crippen LogP contribution is -2.18. The summed E-state index contributed by atoms with van der Waals surface area (Å²) in [4.78, 5) is 0. The molecule has 0 aliphatic carbocycles. The standard InChI is InChI=1S/C8H18N2O/c1-6(2)4-7(3)8(5-9)10-11/h6,10-11H,4-5,9H2,1-3H3. The van der Waals surface area contributed by atoms with Crippen molar-refractivity contribution in [2.24, 2.45) is 11.7 Å². The maximum absolute atomic E-state index is 8.62. The van der Waals surface area contributed by atoms with Gasteiger partial charge < -0.3 is 5.73 Å². The van der Waals surface area contributed by atoms with Crippen LogP contribution < -0.4 is 11.2 Å². The van der Waals surface area contributed by atoms with E-state index >= 15 is 0 Å². The minimum Gasteiger partial charge on any atom is -0.325 e. The van der Waals surface area contributed by atoms with Crippen LogP contribution in [-0.4, -0.2) is 11.8 Å². The van der Waals surface area contributed by atoms with E-state index in [1.165, 1.54) is 0 Å². The summed E-state index contributed by atoms with van der Waals surface area (Å²) in [5.41, 5.74) is 9.36. The second-order valence-electron chi connectivity index (χ2n) is 3.17. The van der Waals surface area contributed by atoms with Gasteiger partial charge in [0, 0.05) is 6.54 Å². The van der Waals surface area contributed by atoms with E-state index in [2.05, 4.69) is 19.3 Å². The number of allylic oxidation sites excluding steroid dienone is 1. The Bertz CT molecular complexity index is 135. The summed E-state index contributed by atoms with van der Waals surface area (Å²) in [5, 5.41) is 8.62. The number of hydroxylamine groups is 1. The van der Waals surface area contributed by atoms with Gasteiger partial charge in [0.2, 0.25) is 0 Å². The van der Waals surface area contributed by atoms with Gasteiger partial charge in [-0.25, -0.2) is 0 Å². The van der Waals surface area contributed by atoms with E-state index in [1.807, 2.05) is 6.92 Å². The van der Waals surface area contributed by atoms with Gasteiger partial charge in [0.25, 0.3) is 0 Å². The molecule has 0 rings (SSSR count). The molecule has 0 bridgehead atoms. The summed E-state index contributed by atoms with van der Waals surface area (Å²) in [6.07, 6.45) is 0.972. The highest BCUT2D eigenvalue weighted by molar-refractivity contribution is 5.10. The molecule has 0 aromatic rings. The zero-order valence-corrected chi connectivity index (χ0v) is 7.52. The van der Waals surface area contributed by atoms with Gasteiger partial charge in [0.15, 0.2) is 0 Å². The third kappa shape index (κ3) is 4.01. The fourth-order valence-electron chi connectivity index (χ4n) is 1.05. The fourth-order valence-corrected chi connectivity index (χ4v) is 1.05. The van der Waals surface area contributed by atoms with Crippen molar-refractivity contribution in [3.05, 3.63) is 11.3 Å². The van der Waals surface area contributed by atoms with E-state index < -0.39 is 0 Å². The predicted octanol–water partition coefficient (Wildman–Crippen LogP) is 1.24. The summed E-state index contributed by atoms with van der Waals surface area (Å²) < 4.78 is 0. The first-order valence-electron chi connectivity index (χ1n) is 3.90. The maximum Gasteiger partial charge on any atom is 0.0501 e. The number of nitrogens with one attached hydrogen (secondary N) is 1. The summed E-state index contributed by atoms with van der Waals surface area (Å²) in [6, 6.07) is 0. The van der Waals surface area contributed by atoms with Gasteiger partial charge in [-0.05, 0) is 19.3 Å². The third-order valence-corrected chi connectivity index (χ3v) is 1.57. The highest BCUT2D eigenvalue weighted by Crippen LogP contribution is 2.11. The lowest BCUT2D eigenvalue weighted by atomic mass is 10.0. The molecule has 3 heteroatoms. The number of rotatable bonds is 4. The van der Waals surface area contributed by atoms with Crippen LogP contribution in [0, 0.1) is 5.92 Å². The van der Waals surface area contributed by atoms with Crippen LogP contribution in [0.5, 0.6) is 0 Å². The van der Waals surface area contributed by atoms with E-state index in [0.717, 1.165) is 17.7 Å². The lowest BCUT2D eigenvalue weighted by molar-refractivity contribution is 0.197. The summed E-state index contributed by atoms with van der Waals surface area (Å²) in [5.74, 6) is 0.602. The highest BCUT2D eigenvalue weighted by Gasteiger charge is 2.01. The van der Waals surface area contributed by atoms with Crippen molar-refractivity contribution in [1.82, 2.24) is 5.48 Å². The average Bonchev–Trinajstić information content (AvgIpc) is 1.88. The highest BCUT2D eigenvalue weighted by atomic mass is 16.5. The maximum atomic E-state index is 8.62. The molecule has 0 aromatic carbocycles. The van der Waals surface area contributed by atoms with Crippen LogP contribution in [0.25, 0.3) is 0 Å². The first kappa shape index (κ1) is 10.5. The molecule has 0 aliphatic heterocycles. The van der Waals surface area contributed by atoms with Crippen LogP contribution in [0.2, 0.25) is 0 Å². The molecular formula is C8H18N2O. The lowest BCUT2D eigenvalue weighted by Gasteiger charge is -2.10. The van der Waals surface area contributed by atoms with E-state index in [9.17, 15) is 0 Å². The van der Waals surface area contributed by atoms with Crippen molar-refractivity contribution in [3.63, 3.8) is 0 Å². The molecule has 0 saturated carbocycles. The SMILES string of the molecule is CC(CC(C)C)=C(CN)NO. The molecule has 66 valence electrons. The predicted molar refractivity (Wildman–Crippen MR) is 46.1 cm³/mol. The Labute approximate surface area is 68.2 Å². The Hall–Kier alpha value is -0.540. The Balaban J connectivity index is 4.11. The number of hydrogen-bond donors (Lipinski definition) is 3. The Morgan fingerprint density at radius 3 is 2.36 bits per heavy atom. The Morgan fingerprint density at radius 2 is 2.09 bits per heavy atom. The van der Waals surface area contributed by atoms with Crippen molar-refractivity contribution in [3.8, 4) is 0 Å². The third-order valence-electron chi connectivity index (χ3n) is 1.57. The zero-order chi connectivity index (χ0) is 8.85. The minimum absolute atomic E-state index is 0.370. The van der Waals surface area contributed by atoms with Crippen molar-refractivity contribution in [2.45, 2.75) is 27.2 Å². The molecule has 3 nitrogen and oxygen atoms in total. The second kappa shape index (κ2) is 5.16. The van der Waals surface area contributed by atoms with Gasteiger partial charge in [-0.2, -0.15) is 0 Å². The topological polar surface area (TPSA) is 58.3 Å². The molecule has 0 atom stereocenters. The van der Waals surface area contributed by atoms with Crippen LogP contribution >= 0.6 is 0 Å². The van der Waals surface area contributed by atoms with Crippen LogP contribution in [0.4, 0.5) is 0 Å². The molecule has 0 aromatic heterocycles. The average molecular weight is 158 g/mol. The molecule has 0 heterocycles. The van der Waals surface area contributed by atoms with Crippen molar-refractivity contribution >= 4 is 0 Å². The number of hydrogen-bond acceptors (Lipinski definition) is 3. The van der Waals surface area contributed by atoms with Gasteiger partial charge >= 0.3 is 0 Å². The van der Waals surface area contributed by atoms with E-state index in [0.29, 0.717) is 12.5 Å². The summed E-state index contributed by atoms with van der Waals surface area (Å²) in [6.45, 7) is 6.62. The molecule has 0 unspecified atom stereocenters. The van der Waals surface area contributed by atoms with Crippen molar-refractivity contribution < 1.29 is 5.21 Å². The molecule has 11 heavy (non-hydrogen) atoms. The van der Waals surface area contributed by atoms with E-state index in [1.54, 1.807) is 0 Å². The first-order valence-corrected chi connectivity index (χ1v) is 3.90. The number of nitrogens with two attached hydrogens (primary N) is 1. The molecule has 0 spiro atoms. The Kier molecular flexibility index (Phi) is 4.90. The first-order chi connectivity index (χ1) is 5.11. The van der Waals surface area contributed by atoms with Crippen LogP contribution in [0.1, 0.15) is 27.2 Å². The summed E-state index contributed by atoms with van der Waals surface area (Å²) >= 11 is 0. The van der Waals surface area contributed by atoms with Gasteiger partial charge in [-0.15, -0.1) is 0 Å². The molecule has 4 N–H and O–H groups in total.